The lowest BCUT2D eigenvalue weighted by atomic mass is 9.80. The van der Waals surface area contributed by atoms with Crippen LogP contribution in [-0.4, -0.2) is 91.9 Å². The molecule has 0 radical (unpaired) electrons. The van der Waals surface area contributed by atoms with Gasteiger partial charge in [-0.1, -0.05) is 62.4 Å². The Morgan fingerprint density at radius 2 is 0.465 bits per heavy atom. The molecule has 71 heavy (non-hydrogen) atoms. The van der Waals surface area contributed by atoms with E-state index in [0.717, 1.165) is 16.7 Å². The molecular formula is C53H34O18. The first-order chi connectivity index (χ1) is 33.5. The molecule has 18 nitrogen and oxygen atoms in total. The number of benzene rings is 11. The average molecular weight is 959 g/mol. The fraction of sp³-hybridized carbons (Fsp3) is 0.0566. The number of fused-ring (bicyclic) bond motifs is 3. The minimum Gasteiger partial charge on any atom is -0.504 e. The molecule has 11 aromatic rings. The van der Waals surface area contributed by atoms with Crippen LogP contribution in [0.2, 0.25) is 0 Å². The van der Waals surface area contributed by atoms with Gasteiger partial charge < -0.3 is 91.9 Å². The monoisotopic (exact) mass is 958 g/mol. The molecule has 0 unspecified atom stereocenters. The van der Waals surface area contributed by atoms with Crippen molar-refractivity contribution in [3.8, 4) is 148 Å². The highest BCUT2D eigenvalue weighted by Gasteiger charge is 2.39. The molecule has 0 amide bonds. The first kappa shape index (κ1) is 42.3. The molecule has 11 aromatic carbocycles. The number of hydrogen-bond acceptors (Lipinski definition) is 18. The van der Waals surface area contributed by atoms with Crippen molar-refractivity contribution in [1.82, 2.24) is 0 Å². The lowest BCUT2D eigenvalue weighted by Crippen LogP contribution is -2.15. The third kappa shape index (κ3) is 4.74. The van der Waals surface area contributed by atoms with Crippen molar-refractivity contribution in [2.75, 3.05) is 0 Å². The fourth-order valence-electron chi connectivity index (χ4n) is 11.1. The van der Waals surface area contributed by atoms with Crippen LogP contribution in [-0.2, 0) is 5.41 Å². The van der Waals surface area contributed by atoms with Crippen molar-refractivity contribution in [2.24, 2.45) is 0 Å². The molecule has 0 spiro atoms. The minimum absolute atomic E-state index is 0.162. The van der Waals surface area contributed by atoms with E-state index in [9.17, 15) is 91.9 Å². The van der Waals surface area contributed by atoms with Crippen molar-refractivity contribution in [2.45, 2.75) is 19.3 Å². The van der Waals surface area contributed by atoms with E-state index in [-0.39, 0.29) is 54.6 Å². The van der Waals surface area contributed by atoms with Crippen LogP contribution >= 0.6 is 0 Å². The Kier molecular flexibility index (Phi) is 7.80. The van der Waals surface area contributed by atoms with E-state index < -0.39 is 141 Å². The Morgan fingerprint density at radius 3 is 0.831 bits per heavy atom. The van der Waals surface area contributed by atoms with Crippen LogP contribution in [0.1, 0.15) is 25.0 Å². The van der Waals surface area contributed by atoms with E-state index in [1.54, 1.807) is 30.3 Å². The zero-order valence-electron chi connectivity index (χ0n) is 36.3. The van der Waals surface area contributed by atoms with Gasteiger partial charge in [-0.25, -0.2) is 0 Å². The molecule has 0 saturated heterocycles. The Labute approximate surface area is 394 Å². The normalized spacial score (nSPS) is 13.2. The maximum absolute atomic E-state index is 11.7. The summed E-state index contributed by atoms with van der Waals surface area (Å²) in [6, 6.07) is 17.1. The Hall–Kier alpha value is -10.1. The van der Waals surface area contributed by atoms with Crippen LogP contribution in [0.15, 0.2) is 60.7 Å². The van der Waals surface area contributed by atoms with Crippen molar-refractivity contribution >= 4 is 64.6 Å². The number of phenolic OH excluding ortho intramolecular Hbond substituents is 18. The standard InChI is InChI=1S/C53H34O18/c1-53(2)19-11-15(13-3-5-14(6-4-13)21-27-23-25-31(41(60)37(27)56)47(66)51(70)49(68)33(25)45(64)43(62)29(23)39(58)35(21)54)7-9-17(19)18-10-8-16(12-20(18)53)22-28-24-26-32(42(61)38(28)57)48(67)52(71)50(69)34(26)46(65)44(63)30(24)40(59)36(22)55/h3-12,54-71H,1-2H3. The summed E-state index contributed by atoms with van der Waals surface area (Å²) >= 11 is 0. The van der Waals surface area contributed by atoms with Crippen LogP contribution < -0.4 is 0 Å². The molecule has 0 bridgehead atoms. The summed E-state index contributed by atoms with van der Waals surface area (Å²) in [5.41, 5.74) is 3.50. The quantitative estimate of drug-likeness (QED) is 0.0578. The maximum Gasteiger partial charge on any atom is 0.201 e. The lowest BCUT2D eigenvalue weighted by molar-refractivity contribution is 0.368. The zero-order chi connectivity index (χ0) is 50.7. The Balaban J connectivity index is 0.989. The van der Waals surface area contributed by atoms with E-state index in [1.165, 1.54) is 12.1 Å². The van der Waals surface area contributed by atoms with Crippen LogP contribution in [0.4, 0.5) is 0 Å². The van der Waals surface area contributed by atoms with Gasteiger partial charge in [0.1, 0.15) is 0 Å². The molecule has 18 heteroatoms. The Bertz CT molecular complexity index is 4280. The number of phenols is 18. The summed E-state index contributed by atoms with van der Waals surface area (Å²) < 4.78 is 0. The molecule has 12 rings (SSSR count). The van der Waals surface area contributed by atoms with E-state index in [0.29, 0.717) is 16.7 Å². The SMILES string of the molecule is CC1(C)c2cc(-c3ccc(-c4c(O)c(O)c5c(O)c(O)c6c(O)c(O)c(O)c7c(O)c(O)c4c5c67)cc3)ccc2-c2ccc(-c3c(O)c(O)c4c(O)c(O)c5c(O)c(O)c(O)c6c(O)c(O)c3c4c56)cc21. The molecule has 1 aliphatic carbocycles. The van der Waals surface area contributed by atoms with Crippen LogP contribution in [0.3, 0.4) is 0 Å². The predicted octanol–water partition coefficient (Wildman–Crippen LogP) is 9.49. The highest BCUT2D eigenvalue weighted by atomic mass is 16.4. The van der Waals surface area contributed by atoms with Gasteiger partial charge in [0, 0.05) is 48.9 Å². The summed E-state index contributed by atoms with van der Waals surface area (Å²) in [6.07, 6.45) is 0. The van der Waals surface area contributed by atoms with Crippen LogP contribution in [0.25, 0.3) is 109 Å². The number of rotatable bonds is 3. The lowest BCUT2D eigenvalue weighted by Gasteiger charge is -2.24. The summed E-state index contributed by atoms with van der Waals surface area (Å²) in [5, 5.41) is 194. The maximum atomic E-state index is 11.7. The van der Waals surface area contributed by atoms with E-state index in [4.69, 9.17) is 0 Å². The average Bonchev–Trinajstić information content (AvgIpc) is 3.57. The largest absolute Gasteiger partial charge is 0.504 e. The van der Waals surface area contributed by atoms with Gasteiger partial charge >= 0.3 is 0 Å². The molecular weight excluding hydrogens is 925 g/mol. The van der Waals surface area contributed by atoms with Crippen LogP contribution in [0.5, 0.6) is 103 Å². The Morgan fingerprint density at radius 1 is 0.225 bits per heavy atom. The third-order valence-electron chi connectivity index (χ3n) is 14.5. The summed E-state index contributed by atoms with van der Waals surface area (Å²) in [7, 11) is 0. The summed E-state index contributed by atoms with van der Waals surface area (Å²) in [6.45, 7) is 3.86. The van der Waals surface area contributed by atoms with Gasteiger partial charge in [-0.2, -0.15) is 0 Å². The summed E-state index contributed by atoms with van der Waals surface area (Å²) in [5.74, 6) is -18.6. The van der Waals surface area contributed by atoms with Gasteiger partial charge in [0.2, 0.25) is 11.5 Å². The second-order valence-electron chi connectivity index (χ2n) is 18.2. The molecule has 0 aromatic heterocycles. The third-order valence-corrected chi connectivity index (χ3v) is 14.5. The van der Waals surface area contributed by atoms with Gasteiger partial charge in [-0.05, 0) is 56.6 Å². The molecule has 1 aliphatic rings. The van der Waals surface area contributed by atoms with E-state index in [1.807, 2.05) is 32.0 Å². The first-order valence-electron chi connectivity index (χ1n) is 21.3. The first-order valence-corrected chi connectivity index (χ1v) is 21.3. The fourth-order valence-corrected chi connectivity index (χ4v) is 11.1. The molecule has 18 N–H and O–H groups in total. The van der Waals surface area contributed by atoms with Crippen LogP contribution in [0, 0.1) is 0 Å². The second kappa shape index (κ2) is 13.1. The number of hydrogen-bond donors (Lipinski definition) is 18. The highest BCUT2D eigenvalue weighted by molar-refractivity contribution is 6.37. The summed E-state index contributed by atoms with van der Waals surface area (Å²) in [4.78, 5) is 0. The molecule has 354 valence electrons. The van der Waals surface area contributed by atoms with Crippen molar-refractivity contribution in [3.05, 3.63) is 71.8 Å². The van der Waals surface area contributed by atoms with Gasteiger partial charge in [0.25, 0.3) is 0 Å². The minimum atomic E-state index is -1.18. The highest BCUT2D eigenvalue weighted by Crippen LogP contribution is 2.66. The topological polar surface area (TPSA) is 364 Å². The molecule has 0 aliphatic heterocycles. The van der Waals surface area contributed by atoms with Gasteiger partial charge in [-0.3, -0.25) is 0 Å². The molecule has 0 saturated carbocycles. The second-order valence-corrected chi connectivity index (χ2v) is 18.2. The van der Waals surface area contributed by atoms with Gasteiger partial charge in [-0.15, -0.1) is 0 Å². The number of aromatic hydroxyl groups is 18. The van der Waals surface area contributed by atoms with Crippen molar-refractivity contribution in [1.29, 1.82) is 0 Å². The molecule has 0 atom stereocenters. The smallest absolute Gasteiger partial charge is 0.201 e. The van der Waals surface area contributed by atoms with Gasteiger partial charge in [0.05, 0.1) is 32.3 Å². The van der Waals surface area contributed by atoms with E-state index >= 15 is 0 Å². The van der Waals surface area contributed by atoms with Crippen molar-refractivity contribution in [3.63, 3.8) is 0 Å². The predicted molar refractivity (Wildman–Crippen MR) is 258 cm³/mol. The van der Waals surface area contributed by atoms with Crippen molar-refractivity contribution < 1.29 is 91.9 Å². The molecule has 0 fully saturated rings. The van der Waals surface area contributed by atoms with E-state index in [2.05, 4.69) is 0 Å². The zero-order valence-corrected chi connectivity index (χ0v) is 36.3. The van der Waals surface area contributed by atoms with Gasteiger partial charge in [0.15, 0.2) is 92.0 Å². The molecule has 0 heterocycles.